The van der Waals surface area contributed by atoms with E-state index in [0.29, 0.717) is 11.4 Å². The summed E-state index contributed by atoms with van der Waals surface area (Å²) in [4.78, 5) is 23.7. The second-order valence-electron chi connectivity index (χ2n) is 5.23. The lowest BCUT2D eigenvalue weighted by Crippen LogP contribution is -2.24. The van der Waals surface area contributed by atoms with E-state index < -0.39 is 11.8 Å². The van der Waals surface area contributed by atoms with Crippen molar-refractivity contribution in [2.24, 2.45) is 5.10 Å². The van der Waals surface area contributed by atoms with Crippen molar-refractivity contribution in [1.82, 2.24) is 5.43 Å². The summed E-state index contributed by atoms with van der Waals surface area (Å²) >= 11 is 3.37. The molecule has 6 nitrogen and oxygen atoms in total. The Morgan fingerprint density at radius 1 is 1.20 bits per heavy atom. The quantitative estimate of drug-likeness (QED) is 0.441. The monoisotopic (exact) mass is 403 g/mol. The molecule has 0 heterocycles. The zero-order valence-corrected chi connectivity index (χ0v) is 15.5. The van der Waals surface area contributed by atoms with Crippen LogP contribution in [0.3, 0.4) is 0 Å². The number of benzene rings is 2. The zero-order chi connectivity index (χ0) is 18.2. The highest BCUT2D eigenvalue weighted by Gasteiger charge is 2.09. The number of methoxy groups -OCH3 is 1. The van der Waals surface area contributed by atoms with E-state index in [0.717, 1.165) is 15.6 Å². The molecule has 0 aliphatic rings. The van der Waals surface area contributed by atoms with Crippen molar-refractivity contribution < 1.29 is 14.3 Å². The SMILES string of the molecule is COc1ccc(C=NNC(=O)CC(=O)Nc2ccccc2C)cc1Br. The maximum absolute atomic E-state index is 11.9. The van der Waals surface area contributed by atoms with E-state index in [1.807, 2.05) is 25.1 Å². The maximum atomic E-state index is 11.9. The Hall–Kier alpha value is -2.67. The Kier molecular flexibility index (Phi) is 6.71. The lowest BCUT2D eigenvalue weighted by atomic mass is 10.2. The van der Waals surface area contributed by atoms with Crippen LogP contribution in [0.4, 0.5) is 5.69 Å². The van der Waals surface area contributed by atoms with E-state index in [9.17, 15) is 9.59 Å². The summed E-state index contributed by atoms with van der Waals surface area (Å²) in [6, 6.07) is 12.7. The van der Waals surface area contributed by atoms with Gasteiger partial charge in [0.05, 0.1) is 17.8 Å². The van der Waals surface area contributed by atoms with Crippen molar-refractivity contribution in [3.63, 3.8) is 0 Å². The second-order valence-corrected chi connectivity index (χ2v) is 6.08. The van der Waals surface area contributed by atoms with Crippen molar-refractivity contribution >= 4 is 39.6 Å². The summed E-state index contributed by atoms with van der Waals surface area (Å²) in [6.45, 7) is 1.88. The number of hydrogen-bond acceptors (Lipinski definition) is 4. The summed E-state index contributed by atoms with van der Waals surface area (Å²) in [5, 5.41) is 6.55. The predicted molar refractivity (Wildman–Crippen MR) is 101 cm³/mol. The van der Waals surface area contributed by atoms with E-state index >= 15 is 0 Å². The summed E-state index contributed by atoms with van der Waals surface area (Å²) < 4.78 is 5.92. The lowest BCUT2D eigenvalue weighted by Gasteiger charge is -2.07. The van der Waals surface area contributed by atoms with Crippen LogP contribution in [0.5, 0.6) is 5.75 Å². The number of aryl methyl sites for hydroxylation is 1. The number of nitrogens with one attached hydrogen (secondary N) is 2. The van der Waals surface area contributed by atoms with Crippen LogP contribution in [0.25, 0.3) is 0 Å². The number of nitrogens with zero attached hydrogens (tertiary/aromatic N) is 1. The molecule has 0 bridgehead atoms. The first-order chi connectivity index (χ1) is 12.0. The first-order valence-corrected chi connectivity index (χ1v) is 8.30. The third-order valence-electron chi connectivity index (χ3n) is 3.32. The number of rotatable bonds is 6. The van der Waals surface area contributed by atoms with Gasteiger partial charge in [0.25, 0.3) is 0 Å². The van der Waals surface area contributed by atoms with Gasteiger partial charge in [0.15, 0.2) is 0 Å². The maximum Gasteiger partial charge on any atom is 0.249 e. The third-order valence-corrected chi connectivity index (χ3v) is 3.94. The first-order valence-electron chi connectivity index (χ1n) is 7.50. The van der Waals surface area contributed by atoms with Gasteiger partial charge in [-0.25, -0.2) is 5.43 Å². The molecule has 7 heteroatoms. The van der Waals surface area contributed by atoms with E-state index in [1.54, 1.807) is 31.4 Å². The Morgan fingerprint density at radius 3 is 2.64 bits per heavy atom. The molecule has 25 heavy (non-hydrogen) atoms. The van der Waals surface area contributed by atoms with Gasteiger partial charge < -0.3 is 10.1 Å². The number of ether oxygens (including phenoxy) is 1. The van der Waals surface area contributed by atoms with Crippen LogP contribution < -0.4 is 15.5 Å². The molecule has 0 atom stereocenters. The van der Waals surface area contributed by atoms with Gasteiger partial charge in [-0.05, 0) is 58.2 Å². The molecule has 130 valence electrons. The van der Waals surface area contributed by atoms with Gasteiger partial charge in [0.2, 0.25) is 11.8 Å². The minimum Gasteiger partial charge on any atom is -0.496 e. The molecule has 0 spiro atoms. The number of carbonyl (C=O) groups excluding carboxylic acids is 2. The Balaban J connectivity index is 1.85. The van der Waals surface area contributed by atoms with Crippen LogP contribution in [0.1, 0.15) is 17.5 Å². The average molecular weight is 404 g/mol. The van der Waals surface area contributed by atoms with Crippen LogP contribution in [0.2, 0.25) is 0 Å². The smallest absolute Gasteiger partial charge is 0.249 e. The van der Waals surface area contributed by atoms with Gasteiger partial charge in [0.1, 0.15) is 12.2 Å². The molecular weight excluding hydrogens is 386 g/mol. The van der Waals surface area contributed by atoms with Gasteiger partial charge in [-0.2, -0.15) is 5.10 Å². The van der Waals surface area contributed by atoms with Crippen LogP contribution in [-0.2, 0) is 9.59 Å². The number of anilines is 1. The molecule has 0 aliphatic carbocycles. The first kappa shape index (κ1) is 18.7. The van der Waals surface area contributed by atoms with Crippen molar-refractivity contribution in [3.8, 4) is 5.75 Å². The van der Waals surface area contributed by atoms with Gasteiger partial charge >= 0.3 is 0 Å². The predicted octanol–water partition coefficient (Wildman–Crippen LogP) is 3.25. The normalized spacial score (nSPS) is 10.5. The molecular formula is C18H18BrN3O3. The highest BCUT2D eigenvalue weighted by molar-refractivity contribution is 9.10. The molecule has 0 aromatic heterocycles. The Morgan fingerprint density at radius 2 is 1.96 bits per heavy atom. The fourth-order valence-corrected chi connectivity index (χ4v) is 2.59. The number of hydrazone groups is 1. The number of hydrogen-bond donors (Lipinski definition) is 2. The van der Waals surface area contributed by atoms with E-state index in [-0.39, 0.29) is 6.42 Å². The fourth-order valence-electron chi connectivity index (χ4n) is 2.03. The molecule has 2 amide bonds. The van der Waals surface area contributed by atoms with E-state index in [2.05, 4.69) is 31.8 Å². The average Bonchev–Trinajstić information content (AvgIpc) is 2.57. The third kappa shape index (κ3) is 5.72. The summed E-state index contributed by atoms with van der Waals surface area (Å²) in [5.41, 5.74) is 4.73. The summed E-state index contributed by atoms with van der Waals surface area (Å²) in [6.07, 6.45) is 1.18. The standard InChI is InChI=1S/C18H18BrN3O3/c1-12-5-3-4-6-15(12)21-17(23)10-18(24)22-20-11-13-7-8-16(25-2)14(19)9-13/h3-9,11H,10H2,1-2H3,(H,21,23)(H,22,24). The highest BCUT2D eigenvalue weighted by Crippen LogP contribution is 2.24. The topological polar surface area (TPSA) is 79.8 Å². The van der Waals surface area contributed by atoms with Crippen molar-refractivity contribution in [2.75, 3.05) is 12.4 Å². The Bertz CT molecular complexity index is 806. The van der Waals surface area contributed by atoms with Crippen LogP contribution >= 0.6 is 15.9 Å². The van der Waals surface area contributed by atoms with Crippen LogP contribution in [-0.4, -0.2) is 25.1 Å². The van der Waals surface area contributed by atoms with Crippen molar-refractivity contribution in [2.45, 2.75) is 13.3 Å². The van der Waals surface area contributed by atoms with E-state index in [1.165, 1.54) is 6.21 Å². The molecule has 2 rings (SSSR count). The molecule has 0 saturated carbocycles. The minimum absolute atomic E-state index is 0.308. The van der Waals surface area contributed by atoms with Crippen molar-refractivity contribution in [1.29, 1.82) is 0 Å². The molecule has 2 aromatic rings. The van der Waals surface area contributed by atoms with Gasteiger partial charge in [-0.3, -0.25) is 9.59 Å². The van der Waals surface area contributed by atoms with Crippen LogP contribution in [0.15, 0.2) is 52.0 Å². The zero-order valence-electron chi connectivity index (χ0n) is 13.9. The molecule has 2 aromatic carbocycles. The molecule has 0 saturated heterocycles. The fraction of sp³-hybridized carbons (Fsp3) is 0.167. The minimum atomic E-state index is -0.491. The summed E-state index contributed by atoms with van der Waals surface area (Å²) in [5.74, 6) is -0.182. The number of amides is 2. The van der Waals surface area contributed by atoms with Gasteiger partial charge in [0, 0.05) is 5.69 Å². The molecule has 0 fully saturated rings. The molecule has 0 radical (unpaired) electrons. The molecule has 0 aliphatic heterocycles. The second kappa shape index (κ2) is 8.98. The largest absolute Gasteiger partial charge is 0.496 e. The van der Waals surface area contributed by atoms with Crippen molar-refractivity contribution in [3.05, 3.63) is 58.1 Å². The summed E-state index contributed by atoms with van der Waals surface area (Å²) in [7, 11) is 1.58. The molecule has 2 N–H and O–H groups in total. The highest BCUT2D eigenvalue weighted by atomic mass is 79.9. The van der Waals surface area contributed by atoms with Crippen LogP contribution in [0, 0.1) is 6.92 Å². The van der Waals surface area contributed by atoms with Gasteiger partial charge in [-0.1, -0.05) is 18.2 Å². The number of carbonyl (C=O) groups is 2. The molecule has 0 unspecified atom stereocenters. The number of para-hydroxylation sites is 1. The van der Waals surface area contributed by atoms with Gasteiger partial charge in [-0.15, -0.1) is 0 Å². The lowest BCUT2D eigenvalue weighted by molar-refractivity contribution is -0.126. The Labute approximate surface area is 154 Å². The van der Waals surface area contributed by atoms with E-state index in [4.69, 9.17) is 4.74 Å². The number of halogens is 1.